The summed E-state index contributed by atoms with van der Waals surface area (Å²) in [5, 5.41) is 0. The third kappa shape index (κ3) is 2.60. The van der Waals surface area contributed by atoms with Crippen molar-refractivity contribution < 1.29 is 0 Å². The summed E-state index contributed by atoms with van der Waals surface area (Å²) in [5.74, 6) is 0.945. The molecule has 0 radical (unpaired) electrons. The van der Waals surface area contributed by atoms with Gasteiger partial charge in [0.1, 0.15) is 0 Å². The molecule has 2 heteroatoms. The van der Waals surface area contributed by atoms with E-state index in [1.54, 1.807) is 0 Å². The average molecular weight is 224 g/mol. The Morgan fingerprint density at radius 2 is 1.81 bits per heavy atom. The van der Waals surface area contributed by atoms with Crippen molar-refractivity contribution in [2.24, 2.45) is 11.7 Å². The highest BCUT2D eigenvalue weighted by atomic mass is 15.2. The van der Waals surface area contributed by atoms with Gasteiger partial charge in [0.25, 0.3) is 0 Å². The standard InChI is InChI=1S/C14H28N2/c1-2-12-7-3-4-9-14(12)16-10-6-5-8-13(16)11-15/h12-14H,2-11,15H2,1H3. The van der Waals surface area contributed by atoms with Crippen molar-refractivity contribution in [3.8, 4) is 0 Å². The monoisotopic (exact) mass is 224 g/mol. The first-order chi connectivity index (χ1) is 7.86. The van der Waals surface area contributed by atoms with Crippen molar-refractivity contribution in [2.75, 3.05) is 13.1 Å². The summed E-state index contributed by atoms with van der Waals surface area (Å²) in [4.78, 5) is 2.77. The van der Waals surface area contributed by atoms with Crippen molar-refractivity contribution in [2.45, 2.75) is 70.4 Å². The first-order valence-electron chi connectivity index (χ1n) is 7.32. The van der Waals surface area contributed by atoms with Crippen LogP contribution in [0.3, 0.4) is 0 Å². The fraction of sp³-hybridized carbons (Fsp3) is 1.00. The minimum Gasteiger partial charge on any atom is -0.329 e. The first kappa shape index (κ1) is 12.4. The third-order valence-electron chi connectivity index (χ3n) is 4.76. The average Bonchev–Trinajstić information content (AvgIpc) is 2.38. The molecule has 0 spiro atoms. The van der Waals surface area contributed by atoms with Crippen molar-refractivity contribution in [1.29, 1.82) is 0 Å². The molecule has 0 aromatic heterocycles. The number of rotatable bonds is 3. The van der Waals surface area contributed by atoms with E-state index in [1.165, 1.54) is 57.9 Å². The van der Waals surface area contributed by atoms with Crippen LogP contribution in [0.5, 0.6) is 0 Å². The van der Waals surface area contributed by atoms with E-state index in [9.17, 15) is 0 Å². The predicted octanol–water partition coefficient (Wildman–Crippen LogP) is 2.77. The van der Waals surface area contributed by atoms with E-state index in [4.69, 9.17) is 5.73 Å². The minimum atomic E-state index is 0.686. The van der Waals surface area contributed by atoms with Crippen LogP contribution in [0.1, 0.15) is 58.3 Å². The molecule has 94 valence electrons. The van der Waals surface area contributed by atoms with Crippen LogP contribution in [0.4, 0.5) is 0 Å². The van der Waals surface area contributed by atoms with Crippen LogP contribution in [0.15, 0.2) is 0 Å². The smallest absolute Gasteiger partial charge is 0.0221 e. The molecule has 1 aliphatic heterocycles. The highest BCUT2D eigenvalue weighted by Gasteiger charge is 2.33. The van der Waals surface area contributed by atoms with E-state index in [2.05, 4.69) is 11.8 Å². The lowest BCUT2D eigenvalue weighted by molar-refractivity contribution is 0.0406. The van der Waals surface area contributed by atoms with Crippen molar-refractivity contribution >= 4 is 0 Å². The fourth-order valence-electron chi connectivity index (χ4n) is 3.81. The molecule has 0 bridgehead atoms. The molecule has 1 saturated heterocycles. The van der Waals surface area contributed by atoms with Crippen LogP contribution in [0, 0.1) is 5.92 Å². The highest BCUT2D eigenvalue weighted by molar-refractivity contribution is 4.89. The Balaban J connectivity index is 2.01. The quantitative estimate of drug-likeness (QED) is 0.798. The molecule has 0 aromatic rings. The Kier molecular flexibility index (Phi) is 4.66. The molecule has 1 heterocycles. The Labute approximate surface area is 101 Å². The molecule has 2 nitrogen and oxygen atoms in total. The molecule has 2 N–H and O–H groups in total. The molecule has 0 amide bonds. The number of nitrogens with two attached hydrogens (primary N) is 1. The maximum atomic E-state index is 5.95. The molecule has 3 unspecified atom stereocenters. The molecular weight excluding hydrogens is 196 g/mol. The van der Waals surface area contributed by atoms with Crippen LogP contribution in [0.25, 0.3) is 0 Å². The van der Waals surface area contributed by atoms with Crippen molar-refractivity contribution in [3.63, 3.8) is 0 Å². The number of piperidine rings is 1. The van der Waals surface area contributed by atoms with Gasteiger partial charge in [-0.05, 0) is 38.1 Å². The van der Waals surface area contributed by atoms with Gasteiger partial charge in [0.05, 0.1) is 0 Å². The predicted molar refractivity (Wildman–Crippen MR) is 69.4 cm³/mol. The van der Waals surface area contributed by atoms with Gasteiger partial charge < -0.3 is 5.73 Å². The topological polar surface area (TPSA) is 29.3 Å². The second-order valence-corrected chi connectivity index (χ2v) is 5.64. The molecule has 2 rings (SSSR count). The van der Waals surface area contributed by atoms with Gasteiger partial charge in [0, 0.05) is 18.6 Å². The van der Waals surface area contributed by atoms with Gasteiger partial charge >= 0.3 is 0 Å². The summed E-state index contributed by atoms with van der Waals surface area (Å²) in [6.07, 6.45) is 11.3. The van der Waals surface area contributed by atoms with E-state index < -0.39 is 0 Å². The Bertz CT molecular complexity index is 183. The van der Waals surface area contributed by atoms with Crippen LogP contribution >= 0.6 is 0 Å². The summed E-state index contributed by atoms with van der Waals surface area (Å²) in [6.45, 7) is 4.54. The van der Waals surface area contributed by atoms with E-state index in [1.807, 2.05) is 0 Å². The SMILES string of the molecule is CCC1CCCCC1N1CCCCC1CN. The van der Waals surface area contributed by atoms with E-state index in [-0.39, 0.29) is 0 Å². The number of nitrogens with zero attached hydrogens (tertiary/aromatic N) is 1. The first-order valence-corrected chi connectivity index (χ1v) is 7.32. The summed E-state index contributed by atoms with van der Waals surface area (Å²) in [5.41, 5.74) is 5.95. The minimum absolute atomic E-state index is 0.686. The lowest BCUT2D eigenvalue weighted by Gasteiger charge is -2.46. The Morgan fingerprint density at radius 3 is 2.56 bits per heavy atom. The van der Waals surface area contributed by atoms with Crippen molar-refractivity contribution in [1.82, 2.24) is 4.90 Å². The molecule has 0 aromatic carbocycles. The Hall–Kier alpha value is -0.0800. The fourth-order valence-corrected chi connectivity index (χ4v) is 3.81. The number of hydrogen-bond acceptors (Lipinski definition) is 2. The second kappa shape index (κ2) is 6.02. The molecule has 2 fully saturated rings. The highest BCUT2D eigenvalue weighted by Crippen LogP contribution is 2.33. The summed E-state index contributed by atoms with van der Waals surface area (Å²) < 4.78 is 0. The zero-order valence-electron chi connectivity index (χ0n) is 10.8. The maximum Gasteiger partial charge on any atom is 0.0221 e. The molecule has 1 saturated carbocycles. The van der Waals surface area contributed by atoms with E-state index >= 15 is 0 Å². The largest absolute Gasteiger partial charge is 0.329 e. The number of likely N-dealkylation sites (tertiary alicyclic amines) is 1. The maximum absolute atomic E-state index is 5.95. The lowest BCUT2D eigenvalue weighted by atomic mass is 9.80. The van der Waals surface area contributed by atoms with Gasteiger partial charge in [-0.1, -0.05) is 32.6 Å². The van der Waals surface area contributed by atoms with E-state index in [0.717, 1.165) is 18.5 Å². The van der Waals surface area contributed by atoms with Crippen molar-refractivity contribution in [3.05, 3.63) is 0 Å². The van der Waals surface area contributed by atoms with Gasteiger partial charge in [-0.2, -0.15) is 0 Å². The van der Waals surface area contributed by atoms with Gasteiger partial charge in [-0.25, -0.2) is 0 Å². The van der Waals surface area contributed by atoms with Gasteiger partial charge in [0.15, 0.2) is 0 Å². The van der Waals surface area contributed by atoms with Gasteiger partial charge in [-0.15, -0.1) is 0 Å². The summed E-state index contributed by atoms with van der Waals surface area (Å²) in [7, 11) is 0. The zero-order chi connectivity index (χ0) is 11.4. The molecule has 16 heavy (non-hydrogen) atoms. The van der Waals surface area contributed by atoms with Crippen LogP contribution in [-0.4, -0.2) is 30.1 Å². The summed E-state index contributed by atoms with van der Waals surface area (Å²) in [6, 6.07) is 1.54. The number of hydrogen-bond donors (Lipinski definition) is 1. The van der Waals surface area contributed by atoms with E-state index in [0.29, 0.717) is 6.04 Å². The van der Waals surface area contributed by atoms with Crippen LogP contribution in [-0.2, 0) is 0 Å². The molecule has 2 aliphatic rings. The Morgan fingerprint density at radius 1 is 1.06 bits per heavy atom. The van der Waals surface area contributed by atoms with Gasteiger partial charge in [0.2, 0.25) is 0 Å². The molecule has 1 aliphatic carbocycles. The molecule has 3 atom stereocenters. The van der Waals surface area contributed by atoms with Gasteiger partial charge in [-0.3, -0.25) is 4.90 Å². The molecular formula is C14H28N2. The third-order valence-corrected chi connectivity index (χ3v) is 4.76. The summed E-state index contributed by atoms with van der Waals surface area (Å²) >= 11 is 0. The van der Waals surface area contributed by atoms with Crippen LogP contribution < -0.4 is 5.73 Å². The second-order valence-electron chi connectivity index (χ2n) is 5.64. The normalized spacial score (nSPS) is 37.5. The zero-order valence-corrected chi connectivity index (χ0v) is 10.8. The van der Waals surface area contributed by atoms with Crippen LogP contribution in [0.2, 0.25) is 0 Å². The lowest BCUT2D eigenvalue weighted by Crippen LogP contribution is -2.52.